The van der Waals surface area contributed by atoms with Crippen LogP contribution in [0, 0.1) is 20.2 Å². The number of nitrogens with zero attached hydrogens (tertiary/aromatic N) is 4. The van der Waals surface area contributed by atoms with Gasteiger partial charge in [-0.3, -0.25) is 40.5 Å². The van der Waals surface area contributed by atoms with Gasteiger partial charge in [0.25, 0.3) is 23.2 Å². The van der Waals surface area contributed by atoms with Gasteiger partial charge in [0, 0.05) is 12.1 Å². The van der Waals surface area contributed by atoms with Gasteiger partial charge in [0.2, 0.25) is 0 Å². The molecule has 2 amide bonds. The molecule has 46 heavy (non-hydrogen) atoms. The van der Waals surface area contributed by atoms with Crippen molar-refractivity contribution < 1.29 is 28.9 Å². The Hall–Kier alpha value is -6.00. The maximum absolute atomic E-state index is 12.3. The lowest BCUT2D eigenvalue weighted by atomic mass is 10.1. The Morgan fingerprint density at radius 3 is 1.41 bits per heavy atom. The largest absolute Gasteiger partial charge is 0.497 e. The van der Waals surface area contributed by atoms with Gasteiger partial charge in [0.15, 0.2) is 10.3 Å². The highest BCUT2D eigenvalue weighted by Crippen LogP contribution is 2.31. The Morgan fingerprint density at radius 1 is 0.652 bits per heavy atom. The number of carbonyl (C=O) groups is 2. The standard InChI is InChI=1S/2C15H11N3O4S/c2*1-22-9-6-7-11-13(8-9)23-15(16-11)17-14(19)10-4-2-3-5-12(10)18(20)21/h2*2-8H,1H3,(H,16,17,19). The number of thiazole rings is 2. The molecule has 14 nitrogen and oxygen atoms in total. The lowest BCUT2D eigenvalue weighted by Crippen LogP contribution is -2.13. The Kier molecular flexibility index (Phi) is 9.39. The van der Waals surface area contributed by atoms with Crippen LogP contribution in [0.25, 0.3) is 20.4 Å². The highest BCUT2D eigenvalue weighted by atomic mass is 32.1. The molecule has 6 rings (SSSR count). The molecular weight excluding hydrogens is 636 g/mol. The fraction of sp³-hybridized carbons (Fsp3) is 0.0667. The van der Waals surface area contributed by atoms with Crippen molar-refractivity contribution in [3.05, 3.63) is 116 Å². The molecule has 4 aromatic carbocycles. The average Bonchev–Trinajstić information content (AvgIpc) is 3.66. The summed E-state index contributed by atoms with van der Waals surface area (Å²) in [6, 6.07) is 22.3. The summed E-state index contributed by atoms with van der Waals surface area (Å²) >= 11 is 2.54. The molecule has 0 saturated carbocycles. The summed E-state index contributed by atoms with van der Waals surface area (Å²) in [6.07, 6.45) is 0. The minimum Gasteiger partial charge on any atom is -0.497 e. The van der Waals surface area contributed by atoms with Crippen LogP contribution >= 0.6 is 22.7 Å². The molecule has 2 aromatic heterocycles. The first-order valence-corrected chi connectivity index (χ1v) is 14.8. The number of nitro groups is 2. The molecular formula is C30H22N6O8S2. The van der Waals surface area contributed by atoms with E-state index in [1.54, 1.807) is 50.6 Å². The molecule has 0 radical (unpaired) electrons. The number of para-hydroxylation sites is 2. The van der Waals surface area contributed by atoms with Gasteiger partial charge in [-0.2, -0.15) is 0 Å². The molecule has 0 atom stereocenters. The van der Waals surface area contributed by atoms with Gasteiger partial charge in [-0.25, -0.2) is 9.97 Å². The normalized spacial score (nSPS) is 10.5. The summed E-state index contributed by atoms with van der Waals surface area (Å²) in [7, 11) is 3.14. The number of fused-ring (bicyclic) bond motifs is 2. The van der Waals surface area contributed by atoms with E-state index in [1.165, 1.54) is 59.1 Å². The molecule has 0 aliphatic carbocycles. The summed E-state index contributed by atoms with van der Waals surface area (Å²) < 4.78 is 12.0. The predicted molar refractivity (Wildman–Crippen MR) is 174 cm³/mol. The van der Waals surface area contributed by atoms with Crippen LogP contribution in [0.3, 0.4) is 0 Å². The smallest absolute Gasteiger partial charge is 0.282 e. The van der Waals surface area contributed by atoms with Gasteiger partial charge in [-0.1, -0.05) is 46.9 Å². The highest BCUT2D eigenvalue weighted by molar-refractivity contribution is 7.22. The van der Waals surface area contributed by atoms with E-state index in [-0.39, 0.29) is 22.5 Å². The molecule has 0 aliphatic rings. The Balaban J connectivity index is 0.000000181. The van der Waals surface area contributed by atoms with Gasteiger partial charge in [0.1, 0.15) is 22.6 Å². The fourth-order valence-corrected chi connectivity index (χ4v) is 5.93. The molecule has 0 saturated heterocycles. The van der Waals surface area contributed by atoms with Crippen molar-refractivity contribution in [3.8, 4) is 11.5 Å². The number of benzene rings is 4. The maximum Gasteiger partial charge on any atom is 0.282 e. The van der Waals surface area contributed by atoms with Crippen LogP contribution in [0.2, 0.25) is 0 Å². The van der Waals surface area contributed by atoms with Crippen LogP contribution in [0.4, 0.5) is 21.6 Å². The lowest BCUT2D eigenvalue weighted by Gasteiger charge is -2.02. The number of ether oxygens (including phenoxy) is 2. The van der Waals surface area contributed by atoms with Gasteiger partial charge >= 0.3 is 0 Å². The maximum atomic E-state index is 12.3. The zero-order chi connectivity index (χ0) is 32.8. The number of aromatic nitrogens is 2. The predicted octanol–water partition coefficient (Wildman–Crippen LogP) is 6.93. The number of methoxy groups -OCH3 is 2. The van der Waals surface area contributed by atoms with Crippen LogP contribution in [0.1, 0.15) is 20.7 Å². The molecule has 0 aliphatic heterocycles. The molecule has 16 heteroatoms. The van der Waals surface area contributed by atoms with E-state index in [4.69, 9.17) is 9.47 Å². The van der Waals surface area contributed by atoms with Crippen LogP contribution in [-0.4, -0.2) is 45.8 Å². The van der Waals surface area contributed by atoms with E-state index in [9.17, 15) is 29.8 Å². The van der Waals surface area contributed by atoms with Crippen molar-refractivity contribution in [2.45, 2.75) is 0 Å². The molecule has 2 N–H and O–H groups in total. The minimum absolute atomic E-state index is 0.00524. The number of carbonyl (C=O) groups excluding carboxylic acids is 2. The van der Waals surface area contributed by atoms with E-state index in [2.05, 4.69) is 20.6 Å². The van der Waals surface area contributed by atoms with Crippen molar-refractivity contribution in [2.75, 3.05) is 24.9 Å². The molecule has 0 spiro atoms. The Labute approximate surface area is 267 Å². The second kappa shape index (κ2) is 13.7. The molecule has 0 fully saturated rings. The van der Waals surface area contributed by atoms with Gasteiger partial charge in [-0.15, -0.1) is 0 Å². The number of anilines is 2. The third-order valence-electron chi connectivity index (χ3n) is 6.32. The first-order chi connectivity index (χ1) is 22.2. The molecule has 0 unspecified atom stereocenters. The number of nitrogens with one attached hydrogen (secondary N) is 2. The molecule has 0 bridgehead atoms. The molecule has 232 valence electrons. The number of rotatable bonds is 8. The van der Waals surface area contributed by atoms with E-state index < -0.39 is 21.7 Å². The van der Waals surface area contributed by atoms with Crippen molar-refractivity contribution in [2.24, 2.45) is 0 Å². The summed E-state index contributed by atoms with van der Waals surface area (Å²) in [6.45, 7) is 0. The van der Waals surface area contributed by atoms with Crippen LogP contribution in [-0.2, 0) is 0 Å². The zero-order valence-corrected chi connectivity index (χ0v) is 25.6. The van der Waals surface area contributed by atoms with E-state index >= 15 is 0 Å². The highest BCUT2D eigenvalue weighted by Gasteiger charge is 2.21. The lowest BCUT2D eigenvalue weighted by molar-refractivity contribution is -0.385. The van der Waals surface area contributed by atoms with Crippen LogP contribution in [0.5, 0.6) is 11.5 Å². The van der Waals surface area contributed by atoms with Crippen molar-refractivity contribution in [1.29, 1.82) is 0 Å². The van der Waals surface area contributed by atoms with Crippen LogP contribution in [0.15, 0.2) is 84.9 Å². The molecule has 2 heterocycles. The second-order valence-corrected chi connectivity index (χ2v) is 11.2. The van der Waals surface area contributed by atoms with Crippen molar-refractivity contribution >= 4 is 76.6 Å². The van der Waals surface area contributed by atoms with E-state index in [0.29, 0.717) is 32.8 Å². The summed E-state index contributed by atoms with van der Waals surface area (Å²) in [5, 5.41) is 27.9. The fourth-order valence-electron chi connectivity index (χ4n) is 4.15. The summed E-state index contributed by atoms with van der Waals surface area (Å²) in [5.41, 5.74) is 0.937. The van der Waals surface area contributed by atoms with Gasteiger partial charge in [-0.05, 0) is 48.5 Å². The molecule has 6 aromatic rings. The number of nitro benzene ring substituents is 2. The Bertz CT molecular complexity index is 1960. The number of amides is 2. The van der Waals surface area contributed by atoms with E-state index in [0.717, 1.165) is 9.40 Å². The van der Waals surface area contributed by atoms with Gasteiger partial charge < -0.3 is 9.47 Å². The van der Waals surface area contributed by atoms with Crippen molar-refractivity contribution in [3.63, 3.8) is 0 Å². The van der Waals surface area contributed by atoms with Gasteiger partial charge in [0.05, 0.1) is 44.5 Å². The van der Waals surface area contributed by atoms with Crippen molar-refractivity contribution in [1.82, 2.24) is 9.97 Å². The quantitative estimate of drug-likeness (QED) is 0.128. The first kappa shape index (κ1) is 31.4. The zero-order valence-electron chi connectivity index (χ0n) is 24.0. The third kappa shape index (κ3) is 7.03. The Morgan fingerprint density at radius 2 is 1.04 bits per heavy atom. The number of hydrogen-bond donors (Lipinski definition) is 2. The summed E-state index contributed by atoms with van der Waals surface area (Å²) in [4.78, 5) is 53.9. The average molecular weight is 659 g/mol. The monoisotopic (exact) mass is 658 g/mol. The van der Waals surface area contributed by atoms with Crippen LogP contribution < -0.4 is 20.1 Å². The van der Waals surface area contributed by atoms with E-state index in [1.807, 2.05) is 12.1 Å². The number of hydrogen-bond acceptors (Lipinski definition) is 12. The summed E-state index contributed by atoms with van der Waals surface area (Å²) in [5.74, 6) is 0.252. The first-order valence-electron chi connectivity index (χ1n) is 13.2. The third-order valence-corrected chi connectivity index (χ3v) is 8.19. The second-order valence-electron chi connectivity index (χ2n) is 9.16. The SMILES string of the molecule is COc1ccc2nc(NC(=O)c3ccccc3[N+](=O)[O-])sc2c1.COc1ccc2nc(NC(=O)c3ccccc3[N+](=O)[O-])sc2c1. The topological polar surface area (TPSA) is 189 Å². The minimum atomic E-state index is -0.585.